The molecule has 1 heterocycles. The van der Waals surface area contributed by atoms with Crippen LogP contribution in [-0.4, -0.2) is 43.7 Å². The second-order valence-corrected chi connectivity index (χ2v) is 4.85. The lowest BCUT2D eigenvalue weighted by atomic mass is 10.1. The van der Waals surface area contributed by atoms with Gasteiger partial charge in [0.15, 0.2) is 0 Å². The maximum Gasteiger partial charge on any atom is 0.253 e. The number of carbonyl (C=O) groups excluding carboxylic acids is 1. The molecule has 6 heteroatoms. The van der Waals surface area contributed by atoms with Gasteiger partial charge in [0, 0.05) is 25.7 Å². The van der Waals surface area contributed by atoms with Crippen molar-refractivity contribution in [2.24, 2.45) is 0 Å². The number of likely N-dealkylation sites (N-methyl/N-ethyl adjacent to an activating group) is 1. The van der Waals surface area contributed by atoms with E-state index >= 15 is 0 Å². The van der Waals surface area contributed by atoms with Crippen LogP contribution in [0.25, 0.3) is 0 Å². The topological polar surface area (TPSA) is 41.6 Å². The maximum absolute atomic E-state index is 13.7. The predicted octanol–water partition coefficient (Wildman–Crippen LogP) is 1.47. The third-order valence-electron chi connectivity index (χ3n) is 3.54. The van der Waals surface area contributed by atoms with Crippen molar-refractivity contribution in [1.29, 1.82) is 0 Å². The molecule has 0 radical (unpaired) electrons. The van der Waals surface area contributed by atoms with E-state index in [2.05, 4.69) is 5.32 Å². The zero-order valence-corrected chi connectivity index (χ0v) is 11.5. The third-order valence-corrected chi connectivity index (χ3v) is 3.54. The lowest BCUT2D eigenvalue weighted by Crippen LogP contribution is -2.48. The van der Waals surface area contributed by atoms with Crippen molar-refractivity contribution in [3.05, 3.63) is 35.4 Å². The zero-order valence-electron chi connectivity index (χ0n) is 11.5. The Kier molecular flexibility index (Phi) is 4.67. The average Bonchev–Trinajstić information content (AvgIpc) is 2.48. The molecule has 0 unspecified atom stereocenters. The molecule has 2 atom stereocenters. The van der Waals surface area contributed by atoms with Crippen LogP contribution in [0.1, 0.15) is 18.5 Å². The molecule has 0 aliphatic carbocycles. The van der Waals surface area contributed by atoms with E-state index in [0.29, 0.717) is 19.7 Å². The Morgan fingerprint density at radius 3 is 2.90 bits per heavy atom. The van der Waals surface area contributed by atoms with Gasteiger partial charge in [-0.15, -0.1) is 0 Å². The van der Waals surface area contributed by atoms with Gasteiger partial charge in [-0.2, -0.15) is 0 Å². The summed E-state index contributed by atoms with van der Waals surface area (Å²) in [6.07, 6.45) is -0.576. The number of amides is 1. The molecule has 1 aliphatic rings. The highest BCUT2D eigenvalue weighted by atomic mass is 19.1. The molecular weight excluding hydrogens is 266 g/mol. The highest BCUT2D eigenvalue weighted by Crippen LogP contribution is 2.23. The number of hydrogen-bond donors (Lipinski definition) is 1. The highest BCUT2D eigenvalue weighted by Gasteiger charge is 2.28. The van der Waals surface area contributed by atoms with E-state index in [1.165, 1.54) is 4.90 Å². The number of halogens is 2. The summed E-state index contributed by atoms with van der Waals surface area (Å²) < 4.78 is 32.3. The molecule has 2 rings (SSSR count). The molecule has 0 saturated carbocycles. The Hall–Kier alpha value is -1.53. The Balaban J connectivity index is 2.12. The summed E-state index contributed by atoms with van der Waals surface area (Å²) in [6, 6.07) is 2.67. The Morgan fingerprint density at radius 1 is 1.50 bits per heavy atom. The van der Waals surface area contributed by atoms with Crippen LogP contribution in [0.5, 0.6) is 0 Å². The normalized spacial score (nSPS) is 20.5. The number of ether oxygens (including phenoxy) is 1. The summed E-state index contributed by atoms with van der Waals surface area (Å²) in [5, 5.41) is 3.06. The number of benzene rings is 1. The van der Waals surface area contributed by atoms with Crippen molar-refractivity contribution in [1.82, 2.24) is 10.2 Å². The number of hydrogen-bond acceptors (Lipinski definition) is 3. The molecule has 4 nitrogen and oxygen atoms in total. The van der Waals surface area contributed by atoms with E-state index in [1.54, 1.807) is 14.0 Å². The van der Waals surface area contributed by atoms with E-state index in [4.69, 9.17) is 4.74 Å². The molecule has 0 aromatic heterocycles. The van der Waals surface area contributed by atoms with Crippen LogP contribution in [-0.2, 0) is 9.53 Å². The number of nitrogens with one attached hydrogen (secondary N) is 1. The minimum Gasteiger partial charge on any atom is -0.366 e. The summed E-state index contributed by atoms with van der Waals surface area (Å²) in [7, 11) is 1.56. The molecule has 1 aliphatic heterocycles. The van der Waals surface area contributed by atoms with E-state index in [0.717, 1.165) is 18.2 Å². The van der Waals surface area contributed by atoms with Crippen molar-refractivity contribution < 1.29 is 18.3 Å². The van der Waals surface area contributed by atoms with Gasteiger partial charge < -0.3 is 15.0 Å². The number of nitrogens with zero attached hydrogens (tertiary/aromatic N) is 1. The van der Waals surface area contributed by atoms with E-state index < -0.39 is 23.8 Å². The van der Waals surface area contributed by atoms with Gasteiger partial charge in [0.1, 0.15) is 17.7 Å². The van der Waals surface area contributed by atoms with Gasteiger partial charge in [0.2, 0.25) is 0 Å². The second kappa shape index (κ2) is 6.28. The van der Waals surface area contributed by atoms with E-state index in [1.807, 2.05) is 0 Å². The fourth-order valence-electron chi connectivity index (χ4n) is 2.19. The first kappa shape index (κ1) is 14.9. The standard InChI is InChI=1S/C14H18F2N2O2/c1-9(11-7-10(15)3-4-12(11)16)18(2)14(19)13-8-17-5-6-20-13/h3-4,7,9,13,17H,5-6,8H2,1-2H3/t9-,13-/m0/s1. The van der Waals surface area contributed by atoms with Crippen molar-refractivity contribution in [3.8, 4) is 0 Å². The molecule has 110 valence electrons. The first-order valence-corrected chi connectivity index (χ1v) is 6.54. The molecule has 1 aromatic rings. The van der Waals surface area contributed by atoms with E-state index in [9.17, 15) is 13.6 Å². The molecule has 1 aromatic carbocycles. The molecular formula is C14H18F2N2O2. The fourth-order valence-corrected chi connectivity index (χ4v) is 2.19. The van der Waals surface area contributed by atoms with Crippen molar-refractivity contribution in [2.45, 2.75) is 19.1 Å². The van der Waals surface area contributed by atoms with Crippen LogP contribution in [0.3, 0.4) is 0 Å². The second-order valence-electron chi connectivity index (χ2n) is 4.85. The van der Waals surface area contributed by atoms with Gasteiger partial charge in [-0.05, 0) is 25.1 Å². The van der Waals surface area contributed by atoms with Crippen molar-refractivity contribution in [2.75, 3.05) is 26.7 Å². The first-order valence-electron chi connectivity index (χ1n) is 6.54. The number of morpholine rings is 1. The number of rotatable bonds is 3. The fraction of sp³-hybridized carbons (Fsp3) is 0.500. The van der Waals surface area contributed by atoms with Gasteiger partial charge in [-0.1, -0.05) is 0 Å². The van der Waals surface area contributed by atoms with Crippen molar-refractivity contribution in [3.63, 3.8) is 0 Å². The Morgan fingerprint density at radius 2 is 2.25 bits per heavy atom. The summed E-state index contributed by atoms with van der Waals surface area (Å²) in [5.41, 5.74) is 0.157. The molecule has 1 saturated heterocycles. The molecule has 0 spiro atoms. The molecule has 20 heavy (non-hydrogen) atoms. The highest BCUT2D eigenvalue weighted by molar-refractivity contribution is 5.81. The van der Waals surface area contributed by atoms with Gasteiger partial charge >= 0.3 is 0 Å². The van der Waals surface area contributed by atoms with Crippen LogP contribution >= 0.6 is 0 Å². The van der Waals surface area contributed by atoms with Gasteiger partial charge in [-0.3, -0.25) is 4.79 Å². The first-order chi connectivity index (χ1) is 9.50. The molecule has 1 amide bonds. The smallest absolute Gasteiger partial charge is 0.253 e. The number of carbonyl (C=O) groups is 1. The SMILES string of the molecule is C[C@@H](c1cc(F)ccc1F)N(C)C(=O)[C@@H]1CNCCO1. The zero-order chi connectivity index (χ0) is 14.7. The monoisotopic (exact) mass is 284 g/mol. The predicted molar refractivity (Wildman–Crippen MR) is 70.2 cm³/mol. The van der Waals surface area contributed by atoms with Crippen LogP contribution in [0.15, 0.2) is 18.2 Å². The summed E-state index contributed by atoms with van der Waals surface area (Å²) in [4.78, 5) is 13.6. The Labute approximate surface area is 116 Å². The largest absolute Gasteiger partial charge is 0.366 e. The van der Waals surface area contributed by atoms with Crippen LogP contribution in [0.2, 0.25) is 0 Å². The van der Waals surface area contributed by atoms with Gasteiger partial charge in [0.25, 0.3) is 5.91 Å². The summed E-state index contributed by atoms with van der Waals surface area (Å²) in [5.74, 6) is -1.29. The summed E-state index contributed by atoms with van der Waals surface area (Å²) >= 11 is 0. The minimum atomic E-state index is -0.576. The van der Waals surface area contributed by atoms with Crippen LogP contribution < -0.4 is 5.32 Å². The molecule has 1 N–H and O–H groups in total. The van der Waals surface area contributed by atoms with Crippen LogP contribution in [0, 0.1) is 11.6 Å². The molecule has 0 bridgehead atoms. The van der Waals surface area contributed by atoms with Gasteiger partial charge in [-0.25, -0.2) is 8.78 Å². The quantitative estimate of drug-likeness (QED) is 0.914. The van der Waals surface area contributed by atoms with E-state index in [-0.39, 0.29) is 11.5 Å². The lowest BCUT2D eigenvalue weighted by molar-refractivity contribution is -0.145. The van der Waals surface area contributed by atoms with Gasteiger partial charge in [0.05, 0.1) is 12.6 Å². The van der Waals surface area contributed by atoms with Crippen LogP contribution in [0.4, 0.5) is 8.78 Å². The lowest BCUT2D eigenvalue weighted by Gasteiger charge is -2.31. The summed E-state index contributed by atoms with van der Waals surface area (Å²) in [6.45, 7) is 3.27. The average molecular weight is 284 g/mol. The minimum absolute atomic E-state index is 0.157. The third kappa shape index (κ3) is 3.13. The maximum atomic E-state index is 13.7. The molecule has 1 fully saturated rings. The van der Waals surface area contributed by atoms with Crippen molar-refractivity contribution >= 4 is 5.91 Å². The Bertz CT molecular complexity index is 490.